The fourth-order valence-corrected chi connectivity index (χ4v) is 3.31. The van der Waals surface area contributed by atoms with Crippen LogP contribution in [0.2, 0.25) is 0 Å². The monoisotopic (exact) mass is 366 g/mol. The minimum atomic E-state index is 0.437. The molecule has 0 aliphatic carbocycles. The van der Waals surface area contributed by atoms with Crippen LogP contribution in [-0.2, 0) is 6.42 Å². The molecule has 1 aliphatic rings. The van der Waals surface area contributed by atoms with Crippen molar-refractivity contribution in [2.24, 2.45) is 0 Å². The van der Waals surface area contributed by atoms with Crippen molar-refractivity contribution in [3.05, 3.63) is 47.9 Å². The van der Waals surface area contributed by atoms with E-state index in [2.05, 4.69) is 20.0 Å². The van der Waals surface area contributed by atoms with Crippen LogP contribution in [0.1, 0.15) is 24.2 Å². The van der Waals surface area contributed by atoms with Crippen molar-refractivity contribution in [3.63, 3.8) is 0 Å². The Hall–Kier alpha value is -3.09. The normalized spacial score (nSPS) is 13.8. The van der Waals surface area contributed by atoms with Crippen molar-refractivity contribution < 1.29 is 14.0 Å². The third-order valence-electron chi connectivity index (χ3n) is 4.71. The van der Waals surface area contributed by atoms with Gasteiger partial charge in [0.05, 0.1) is 14.2 Å². The molecule has 1 aliphatic heterocycles. The van der Waals surface area contributed by atoms with Gasteiger partial charge in [-0.05, 0) is 42.7 Å². The van der Waals surface area contributed by atoms with Gasteiger partial charge in [-0.25, -0.2) is 0 Å². The van der Waals surface area contributed by atoms with E-state index in [1.54, 1.807) is 20.4 Å². The van der Waals surface area contributed by atoms with Gasteiger partial charge in [0.1, 0.15) is 5.69 Å². The fourth-order valence-electron chi connectivity index (χ4n) is 3.31. The molecular formula is C20H22N4O3. The van der Waals surface area contributed by atoms with Crippen LogP contribution in [-0.4, -0.2) is 42.4 Å². The second-order valence-corrected chi connectivity index (χ2v) is 6.48. The molecule has 0 saturated carbocycles. The summed E-state index contributed by atoms with van der Waals surface area (Å²) in [6.45, 7) is 2.16. The van der Waals surface area contributed by atoms with Crippen LogP contribution in [0.4, 0.5) is 5.69 Å². The summed E-state index contributed by atoms with van der Waals surface area (Å²) < 4.78 is 16.1. The number of aromatic nitrogens is 3. The van der Waals surface area contributed by atoms with E-state index in [0.29, 0.717) is 35.3 Å². The van der Waals surface area contributed by atoms with Crippen molar-refractivity contribution >= 4 is 5.69 Å². The van der Waals surface area contributed by atoms with E-state index >= 15 is 0 Å². The SMILES string of the molecule is COc1ccc(Cc2noc(-c3cc(N4CCCC4)ccn3)n2)cc1OC. The summed E-state index contributed by atoms with van der Waals surface area (Å²) in [5, 5.41) is 4.10. The van der Waals surface area contributed by atoms with Gasteiger partial charge in [0.15, 0.2) is 17.3 Å². The van der Waals surface area contributed by atoms with E-state index in [1.165, 1.54) is 12.8 Å². The molecule has 1 aromatic carbocycles. The first-order valence-electron chi connectivity index (χ1n) is 9.01. The lowest BCUT2D eigenvalue weighted by molar-refractivity contribution is 0.354. The molecule has 4 rings (SSSR count). The first-order chi connectivity index (χ1) is 13.3. The Labute approximate surface area is 157 Å². The third kappa shape index (κ3) is 3.72. The highest BCUT2D eigenvalue weighted by atomic mass is 16.5. The molecule has 0 radical (unpaired) electrons. The molecule has 2 aromatic heterocycles. The molecular weight excluding hydrogens is 344 g/mol. The van der Waals surface area contributed by atoms with Gasteiger partial charge in [0.25, 0.3) is 5.89 Å². The molecule has 0 bridgehead atoms. The van der Waals surface area contributed by atoms with Crippen LogP contribution in [0.5, 0.6) is 11.5 Å². The van der Waals surface area contributed by atoms with Crippen LogP contribution in [0.15, 0.2) is 41.1 Å². The van der Waals surface area contributed by atoms with Crippen molar-refractivity contribution in [1.29, 1.82) is 0 Å². The maximum Gasteiger partial charge on any atom is 0.276 e. The second-order valence-electron chi connectivity index (χ2n) is 6.48. The molecule has 1 saturated heterocycles. The van der Waals surface area contributed by atoms with Crippen molar-refractivity contribution in [1.82, 2.24) is 15.1 Å². The Morgan fingerprint density at radius 3 is 2.63 bits per heavy atom. The number of hydrogen-bond donors (Lipinski definition) is 0. The molecule has 0 atom stereocenters. The summed E-state index contributed by atoms with van der Waals surface area (Å²) >= 11 is 0. The number of nitrogens with zero attached hydrogens (tertiary/aromatic N) is 4. The average Bonchev–Trinajstić information content (AvgIpc) is 3.40. The van der Waals surface area contributed by atoms with Crippen molar-refractivity contribution in [3.8, 4) is 23.1 Å². The minimum Gasteiger partial charge on any atom is -0.493 e. The first-order valence-corrected chi connectivity index (χ1v) is 9.01. The number of rotatable bonds is 6. The summed E-state index contributed by atoms with van der Waals surface area (Å²) in [5.41, 5.74) is 2.86. The van der Waals surface area contributed by atoms with Gasteiger partial charge in [-0.15, -0.1) is 0 Å². The van der Waals surface area contributed by atoms with Crippen LogP contribution in [0.25, 0.3) is 11.6 Å². The smallest absolute Gasteiger partial charge is 0.276 e. The van der Waals surface area contributed by atoms with Crippen LogP contribution >= 0.6 is 0 Å². The summed E-state index contributed by atoms with van der Waals surface area (Å²) in [5.74, 6) is 2.41. The summed E-state index contributed by atoms with van der Waals surface area (Å²) in [7, 11) is 3.24. The Kier molecular flexibility index (Phi) is 4.91. The van der Waals surface area contributed by atoms with Gasteiger partial charge in [-0.2, -0.15) is 4.98 Å². The van der Waals surface area contributed by atoms with E-state index in [9.17, 15) is 0 Å². The number of hydrogen-bond acceptors (Lipinski definition) is 7. The molecule has 0 spiro atoms. The predicted octanol–water partition coefficient (Wildman–Crippen LogP) is 3.34. The topological polar surface area (TPSA) is 73.5 Å². The largest absolute Gasteiger partial charge is 0.493 e. The number of ether oxygens (including phenoxy) is 2. The zero-order chi connectivity index (χ0) is 18.6. The molecule has 3 aromatic rings. The fraction of sp³-hybridized carbons (Fsp3) is 0.350. The van der Waals surface area contributed by atoms with Gasteiger partial charge in [0.2, 0.25) is 0 Å². The number of anilines is 1. The number of methoxy groups -OCH3 is 2. The molecule has 0 unspecified atom stereocenters. The van der Waals surface area contributed by atoms with Crippen LogP contribution in [0.3, 0.4) is 0 Å². The molecule has 3 heterocycles. The molecule has 0 N–H and O–H groups in total. The Morgan fingerprint density at radius 2 is 1.85 bits per heavy atom. The molecule has 140 valence electrons. The van der Waals surface area contributed by atoms with Gasteiger partial charge in [-0.1, -0.05) is 11.2 Å². The molecule has 27 heavy (non-hydrogen) atoms. The average molecular weight is 366 g/mol. The second kappa shape index (κ2) is 7.65. The zero-order valence-corrected chi connectivity index (χ0v) is 15.5. The number of pyridine rings is 1. The summed E-state index contributed by atoms with van der Waals surface area (Å²) in [6.07, 6.45) is 4.79. The lowest BCUT2D eigenvalue weighted by Gasteiger charge is -2.17. The Bertz CT molecular complexity index is 919. The van der Waals surface area contributed by atoms with E-state index in [1.807, 2.05) is 30.3 Å². The minimum absolute atomic E-state index is 0.437. The Morgan fingerprint density at radius 1 is 1.04 bits per heavy atom. The molecule has 1 fully saturated rings. The first kappa shape index (κ1) is 17.3. The molecule has 7 heteroatoms. The standard InChI is InChI=1S/C20H22N4O3/c1-25-17-6-5-14(11-18(17)26-2)12-19-22-20(27-23-19)16-13-15(7-8-21-16)24-9-3-4-10-24/h5-8,11,13H,3-4,9-10,12H2,1-2H3. The van der Waals surface area contributed by atoms with E-state index in [0.717, 1.165) is 24.3 Å². The summed E-state index contributed by atoms with van der Waals surface area (Å²) in [6, 6.07) is 9.79. The van der Waals surface area contributed by atoms with Crippen molar-refractivity contribution in [2.75, 3.05) is 32.2 Å². The van der Waals surface area contributed by atoms with Gasteiger partial charge in [-0.3, -0.25) is 4.98 Å². The quantitative estimate of drug-likeness (QED) is 0.662. The maximum atomic E-state index is 5.44. The number of benzene rings is 1. The maximum absolute atomic E-state index is 5.44. The summed E-state index contributed by atoms with van der Waals surface area (Å²) in [4.78, 5) is 11.3. The highest BCUT2D eigenvalue weighted by Gasteiger charge is 2.16. The predicted molar refractivity (Wildman–Crippen MR) is 101 cm³/mol. The lowest BCUT2D eigenvalue weighted by atomic mass is 10.1. The Balaban J connectivity index is 1.53. The van der Waals surface area contributed by atoms with Crippen LogP contribution in [0, 0.1) is 0 Å². The highest BCUT2D eigenvalue weighted by molar-refractivity contribution is 5.58. The van der Waals surface area contributed by atoms with Gasteiger partial charge < -0.3 is 18.9 Å². The molecule has 0 amide bonds. The van der Waals surface area contributed by atoms with Gasteiger partial charge >= 0.3 is 0 Å². The van der Waals surface area contributed by atoms with E-state index in [-0.39, 0.29) is 0 Å². The van der Waals surface area contributed by atoms with Gasteiger partial charge in [0, 0.05) is 31.4 Å². The van der Waals surface area contributed by atoms with E-state index in [4.69, 9.17) is 14.0 Å². The van der Waals surface area contributed by atoms with E-state index < -0.39 is 0 Å². The third-order valence-corrected chi connectivity index (χ3v) is 4.71. The molecule has 7 nitrogen and oxygen atoms in total. The van der Waals surface area contributed by atoms with Crippen molar-refractivity contribution in [2.45, 2.75) is 19.3 Å². The highest BCUT2D eigenvalue weighted by Crippen LogP contribution is 2.29. The zero-order valence-electron chi connectivity index (χ0n) is 15.5. The van der Waals surface area contributed by atoms with Crippen LogP contribution < -0.4 is 14.4 Å². The lowest BCUT2D eigenvalue weighted by Crippen LogP contribution is -2.17.